The number of nitrogens with zero attached hydrogens (tertiary/aromatic N) is 1. The van der Waals surface area contributed by atoms with Gasteiger partial charge in [-0.1, -0.05) is 6.07 Å². The van der Waals surface area contributed by atoms with E-state index in [0.717, 1.165) is 25.9 Å². The summed E-state index contributed by atoms with van der Waals surface area (Å²) in [5.74, 6) is 0. The Balaban J connectivity index is 0.000000132. The molecule has 0 amide bonds. The Bertz CT molecular complexity index is 171. The van der Waals surface area contributed by atoms with E-state index in [1.807, 2.05) is 18.2 Å². The van der Waals surface area contributed by atoms with Crippen molar-refractivity contribution in [2.75, 3.05) is 13.1 Å². The molecule has 13 heavy (non-hydrogen) atoms. The number of aliphatic hydroxyl groups is 1. The van der Waals surface area contributed by atoms with E-state index >= 15 is 0 Å². The van der Waals surface area contributed by atoms with E-state index in [-0.39, 0.29) is 6.10 Å². The highest BCUT2D eigenvalue weighted by molar-refractivity contribution is 4.88. The fraction of sp³-hybridized carbons (Fsp3) is 0.500. The number of aromatic nitrogens is 1. The van der Waals surface area contributed by atoms with Crippen molar-refractivity contribution in [3.8, 4) is 0 Å². The molecule has 1 aromatic heterocycles. The second kappa shape index (κ2) is 6.57. The lowest BCUT2D eigenvalue weighted by atomic mass is 10.1. The Morgan fingerprint density at radius 1 is 1.08 bits per heavy atom. The van der Waals surface area contributed by atoms with E-state index < -0.39 is 0 Å². The highest BCUT2D eigenvalue weighted by Gasteiger charge is 2.06. The van der Waals surface area contributed by atoms with Crippen molar-refractivity contribution in [2.45, 2.75) is 18.9 Å². The molecule has 1 fully saturated rings. The van der Waals surface area contributed by atoms with E-state index in [0.29, 0.717) is 0 Å². The molecule has 0 bridgehead atoms. The summed E-state index contributed by atoms with van der Waals surface area (Å²) >= 11 is 0. The number of piperidine rings is 1. The summed E-state index contributed by atoms with van der Waals surface area (Å²) in [6.07, 6.45) is 5.33. The molecule has 3 heteroatoms. The Morgan fingerprint density at radius 3 is 1.92 bits per heavy atom. The molecule has 0 atom stereocenters. The van der Waals surface area contributed by atoms with Crippen LogP contribution >= 0.6 is 0 Å². The van der Waals surface area contributed by atoms with Crippen molar-refractivity contribution in [2.24, 2.45) is 0 Å². The molecule has 0 aromatic carbocycles. The summed E-state index contributed by atoms with van der Waals surface area (Å²) in [7, 11) is 0. The van der Waals surface area contributed by atoms with Crippen molar-refractivity contribution in [1.82, 2.24) is 10.3 Å². The molecule has 0 radical (unpaired) electrons. The van der Waals surface area contributed by atoms with Crippen LogP contribution in [0, 0.1) is 0 Å². The van der Waals surface area contributed by atoms with Gasteiger partial charge in [0.2, 0.25) is 0 Å². The lowest BCUT2D eigenvalue weighted by Gasteiger charge is -2.16. The normalized spacial score (nSPS) is 17.3. The predicted octanol–water partition coefficient (Wildman–Crippen LogP) is 0.812. The maximum absolute atomic E-state index is 8.87. The van der Waals surface area contributed by atoms with Gasteiger partial charge in [0.25, 0.3) is 0 Å². The first kappa shape index (κ1) is 10.2. The molecule has 2 rings (SSSR count). The van der Waals surface area contributed by atoms with Gasteiger partial charge in [0.15, 0.2) is 0 Å². The summed E-state index contributed by atoms with van der Waals surface area (Å²) in [6.45, 7) is 1.97. The van der Waals surface area contributed by atoms with Gasteiger partial charge < -0.3 is 10.4 Å². The summed E-state index contributed by atoms with van der Waals surface area (Å²) in [5, 5.41) is 12.0. The zero-order valence-corrected chi connectivity index (χ0v) is 7.69. The van der Waals surface area contributed by atoms with E-state index in [1.54, 1.807) is 12.4 Å². The summed E-state index contributed by atoms with van der Waals surface area (Å²) in [5.41, 5.74) is 0. The van der Waals surface area contributed by atoms with Gasteiger partial charge in [0.05, 0.1) is 6.10 Å². The highest BCUT2D eigenvalue weighted by atomic mass is 16.3. The lowest BCUT2D eigenvalue weighted by molar-refractivity contribution is 0.137. The van der Waals surface area contributed by atoms with Crippen molar-refractivity contribution in [1.29, 1.82) is 0 Å². The Labute approximate surface area is 78.8 Å². The molecule has 0 unspecified atom stereocenters. The van der Waals surface area contributed by atoms with Gasteiger partial charge >= 0.3 is 0 Å². The van der Waals surface area contributed by atoms with Gasteiger partial charge in [0, 0.05) is 12.4 Å². The molecule has 2 N–H and O–H groups in total. The second-order valence-electron chi connectivity index (χ2n) is 3.01. The zero-order valence-electron chi connectivity index (χ0n) is 7.69. The van der Waals surface area contributed by atoms with E-state index in [4.69, 9.17) is 5.11 Å². The van der Waals surface area contributed by atoms with Gasteiger partial charge in [-0.25, -0.2) is 0 Å². The van der Waals surface area contributed by atoms with Crippen LogP contribution in [-0.2, 0) is 0 Å². The van der Waals surface area contributed by atoms with Crippen molar-refractivity contribution >= 4 is 0 Å². The van der Waals surface area contributed by atoms with Gasteiger partial charge in [0.1, 0.15) is 0 Å². The zero-order chi connectivity index (χ0) is 9.36. The second-order valence-corrected chi connectivity index (χ2v) is 3.01. The first-order valence-electron chi connectivity index (χ1n) is 4.63. The van der Waals surface area contributed by atoms with Crippen molar-refractivity contribution in [3.05, 3.63) is 30.6 Å². The standard InChI is InChI=1S/C5H11NO.C5H5N/c7-5-1-3-6-4-2-5;1-2-4-6-5-3-1/h5-7H,1-4H2;1-5H. The SMILES string of the molecule is OC1CCNCC1.c1ccncc1. The molecule has 0 saturated carbocycles. The molecule has 0 aliphatic carbocycles. The molecule has 1 aliphatic rings. The molecular weight excluding hydrogens is 164 g/mol. The van der Waals surface area contributed by atoms with Gasteiger partial charge in [-0.3, -0.25) is 4.98 Å². The smallest absolute Gasteiger partial charge is 0.0564 e. The monoisotopic (exact) mass is 180 g/mol. The number of aliphatic hydroxyl groups excluding tert-OH is 1. The summed E-state index contributed by atoms with van der Waals surface area (Å²) in [4.78, 5) is 3.78. The molecule has 3 nitrogen and oxygen atoms in total. The number of hydrogen-bond donors (Lipinski definition) is 2. The Morgan fingerprint density at radius 2 is 1.69 bits per heavy atom. The van der Waals surface area contributed by atoms with Crippen LogP contribution in [-0.4, -0.2) is 29.3 Å². The minimum Gasteiger partial charge on any atom is -0.393 e. The molecule has 2 heterocycles. The van der Waals surface area contributed by atoms with Crippen LogP contribution in [0.15, 0.2) is 30.6 Å². The highest BCUT2D eigenvalue weighted by Crippen LogP contribution is 1.99. The molecule has 1 saturated heterocycles. The van der Waals surface area contributed by atoms with E-state index in [9.17, 15) is 0 Å². The third-order valence-electron chi connectivity index (χ3n) is 1.88. The van der Waals surface area contributed by atoms with Crippen LogP contribution in [0.1, 0.15) is 12.8 Å². The summed E-state index contributed by atoms with van der Waals surface area (Å²) in [6, 6.07) is 5.72. The molecule has 1 aliphatic heterocycles. The van der Waals surface area contributed by atoms with Crippen molar-refractivity contribution < 1.29 is 5.11 Å². The first-order valence-corrected chi connectivity index (χ1v) is 4.63. The van der Waals surface area contributed by atoms with Crippen LogP contribution in [0.4, 0.5) is 0 Å². The first-order chi connectivity index (χ1) is 6.39. The van der Waals surface area contributed by atoms with Crippen molar-refractivity contribution in [3.63, 3.8) is 0 Å². The third kappa shape index (κ3) is 5.33. The molecule has 72 valence electrons. The average molecular weight is 180 g/mol. The molecular formula is C10H16N2O. The quantitative estimate of drug-likeness (QED) is 0.621. The topological polar surface area (TPSA) is 45.1 Å². The Hall–Kier alpha value is -0.930. The van der Waals surface area contributed by atoms with Crippen LogP contribution < -0.4 is 5.32 Å². The largest absolute Gasteiger partial charge is 0.393 e. The summed E-state index contributed by atoms with van der Waals surface area (Å²) < 4.78 is 0. The number of nitrogens with one attached hydrogen (secondary N) is 1. The van der Waals surface area contributed by atoms with Crippen LogP contribution in [0.25, 0.3) is 0 Å². The van der Waals surface area contributed by atoms with Crippen LogP contribution in [0.3, 0.4) is 0 Å². The van der Waals surface area contributed by atoms with Crippen LogP contribution in [0.2, 0.25) is 0 Å². The minimum atomic E-state index is -0.0266. The number of pyridine rings is 1. The maximum atomic E-state index is 8.87. The fourth-order valence-corrected chi connectivity index (χ4v) is 1.12. The fourth-order valence-electron chi connectivity index (χ4n) is 1.12. The average Bonchev–Trinajstić information content (AvgIpc) is 2.22. The number of hydrogen-bond acceptors (Lipinski definition) is 3. The van der Waals surface area contributed by atoms with Gasteiger partial charge in [-0.05, 0) is 38.1 Å². The minimum absolute atomic E-state index is 0.0266. The predicted molar refractivity (Wildman–Crippen MR) is 52.3 cm³/mol. The third-order valence-corrected chi connectivity index (χ3v) is 1.88. The molecule has 1 aromatic rings. The van der Waals surface area contributed by atoms with Crippen LogP contribution in [0.5, 0.6) is 0 Å². The lowest BCUT2D eigenvalue weighted by Crippen LogP contribution is -2.30. The maximum Gasteiger partial charge on any atom is 0.0564 e. The van der Waals surface area contributed by atoms with E-state index in [2.05, 4.69) is 10.3 Å². The molecule has 0 spiro atoms. The van der Waals surface area contributed by atoms with E-state index in [1.165, 1.54) is 0 Å². The van der Waals surface area contributed by atoms with Gasteiger partial charge in [-0.2, -0.15) is 0 Å². The Kier molecular flexibility index (Phi) is 5.13. The van der Waals surface area contributed by atoms with Gasteiger partial charge in [-0.15, -0.1) is 0 Å². The number of rotatable bonds is 0.